The molecule has 0 heterocycles. The third kappa shape index (κ3) is 6.51. The molecule has 0 saturated heterocycles. The van der Waals surface area contributed by atoms with E-state index >= 15 is 0 Å². The predicted molar refractivity (Wildman–Crippen MR) is 125 cm³/mol. The van der Waals surface area contributed by atoms with Gasteiger partial charge in [0.25, 0.3) is 0 Å². The monoisotopic (exact) mass is 468 g/mol. The summed E-state index contributed by atoms with van der Waals surface area (Å²) in [7, 11) is 1.56. The number of carboxylic acids is 1. The van der Waals surface area contributed by atoms with Crippen LogP contribution in [0.15, 0.2) is 18.2 Å². The highest BCUT2D eigenvalue weighted by Gasteiger charge is 2.60. The number of methoxy groups -OCH3 is 1. The number of hydrogen-bond donors (Lipinski definition) is 3. The van der Waals surface area contributed by atoms with Gasteiger partial charge in [-0.15, -0.1) is 0 Å². The molecule has 3 N–H and O–H groups in total. The molecule has 1 aliphatic rings. The Balaban J connectivity index is 2.18. The zero-order valence-electron chi connectivity index (χ0n) is 20.0. The van der Waals surface area contributed by atoms with Crippen LogP contribution in [0.1, 0.15) is 65.9 Å². The Morgan fingerprint density at radius 1 is 1.25 bits per heavy atom. The number of carboxylic acid groups (broad SMARTS) is 1. The van der Waals surface area contributed by atoms with E-state index in [0.717, 1.165) is 24.8 Å². The Kier molecular flexibility index (Phi) is 8.45. The van der Waals surface area contributed by atoms with Gasteiger partial charge in [0.05, 0.1) is 17.5 Å². The van der Waals surface area contributed by atoms with Crippen LogP contribution in [-0.2, 0) is 16.0 Å². The average Bonchev–Trinajstić information content (AvgIpc) is 3.46. The van der Waals surface area contributed by atoms with Gasteiger partial charge in [0.15, 0.2) is 0 Å². The van der Waals surface area contributed by atoms with Crippen LogP contribution in [0, 0.1) is 5.41 Å². The summed E-state index contributed by atoms with van der Waals surface area (Å²) in [5.41, 5.74) is -1.02. The summed E-state index contributed by atoms with van der Waals surface area (Å²) in [6.07, 6.45) is 2.96. The Morgan fingerprint density at radius 3 is 2.38 bits per heavy atom. The minimum absolute atomic E-state index is 0.313. The molecule has 0 spiro atoms. The van der Waals surface area contributed by atoms with Crippen molar-refractivity contribution in [3.05, 3.63) is 28.8 Å². The third-order valence-corrected chi connectivity index (χ3v) is 6.43. The summed E-state index contributed by atoms with van der Waals surface area (Å²) in [4.78, 5) is 24.6. The highest BCUT2D eigenvalue weighted by Crippen LogP contribution is 2.52. The van der Waals surface area contributed by atoms with E-state index in [2.05, 4.69) is 10.6 Å². The van der Waals surface area contributed by atoms with Gasteiger partial charge in [-0.1, -0.05) is 31.0 Å². The van der Waals surface area contributed by atoms with Crippen LogP contribution < -0.4 is 15.4 Å². The molecule has 1 fully saturated rings. The molecule has 32 heavy (non-hydrogen) atoms. The fourth-order valence-corrected chi connectivity index (χ4v) is 4.47. The molecule has 1 unspecified atom stereocenters. The number of aliphatic carboxylic acids is 1. The first-order valence-electron chi connectivity index (χ1n) is 11.2. The van der Waals surface area contributed by atoms with Gasteiger partial charge in [0, 0.05) is 18.1 Å². The third-order valence-electron chi connectivity index (χ3n) is 6.13. The van der Waals surface area contributed by atoms with Crippen molar-refractivity contribution in [2.75, 3.05) is 13.7 Å². The van der Waals surface area contributed by atoms with E-state index in [-0.39, 0.29) is 6.04 Å². The van der Waals surface area contributed by atoms with Crippen molar-refractivity contribution in [3.63, 3.8) is 0 Å². The summed E-state index contributed by atoms with van der Waals surface area (Å²) < 4.78 is 10.7. The number of hydrogen-bond acceptors (Lipinski definition) is 5. The van der Waals surface area contributed by atoms with E-state index in [0.29, 0.717) is 30.2 Å². The van der Waals surface area contributed by atoms with E-state index < -0.39 is 28.6 Å². The number of nitrogens with one attached hydrogen (secondary N) is 2. The number of carbonyl (C=O) groups excluding carboxylic acids is 1. The molecule has 0 radical (unpaired) electrons. The molecular formula is C24H37ClN2O5. The summed E-state index contributed by atoms with van der Waals surface area (Å²) >= 11 is 6.28. The Hall–Kier alpha value is -1.99. The van der Waals surface area contributed by atoms with Crippen molar-refractivity contribution in [1.82, 2.24) is 10.6 Å². The molecule has 8 heteroatoms. The number of halogens is 1. The Bertz CT molecular complexity index is 819. The lowest BCUT2D eigenvalue weighted by Crippen LogP contribution is -2.55. The fourth-order valence-electron chi connectivity index (χ4n) is 4.19. The fraction of sp³-hybridized carbons (Fsp3) is 0.667. The van der Waals surface area contributed by atoms with Gasteiger partial charge in [-0.2, -0.15) is 0 Å². The van der Waals surface area contributed by atoms with E-state index in [1.165, 1.54) is 0 Å². The second-order valence-corrected chi connectivity index (χ2v) is 10.3. The van der Waals surface area contributed by atoms with Crippen molar-refractivity contribution in [2.24, 2.45) is 5.41 Å². The van der Waals surface area contributed by atoms with Crippen molar-refractivity contribution in [2.45, 2.75) is 83.9 Å². The largest absolute Gasteiger partial charge is 0.495 e. The number of ether oxygens (including phenoxy) is 2. The van der Waals surface area contributed by atoms with Crippen LogP contribution in [0.3, 0.4) is 0 Å². The molecule has 1 saturated carbocycles. The first-order valence-corrected chi connectivity index (χ1v) is 11.5. The minimum Gasteiger partial charge on any atom is -0.495 e. The molecule has 1 amide bonds. The van der Waals surface area contributed by atoms with Gasteiger partial charge in [0.2, 0.25) is 0 Å². The van der Waals surface area contributed by atoms with Crippen molar-refractivity contribution < 1.29 is 24.2 Å². The maximum absolute atomic E-state index is 12.5. The first kappa shape index (κ1) is 26.3. The summed E-state index contributed by atoms with van der Waals surface area (Å²) in [6.45, 7) is 9.66. The minimum atomic E-state index is -0.859. The van der Waals surface area contributed by atoms with Crippen LogP contribution in [0.2, 0.25) is 5.02 Å². The van der Waals surface area contributed by atoms with Gasteiger partial charge in [-0.3, -0.25) is 4.79 Å². The van der Waals surface area contributed by atoms with E-state index in [1.54, 1.807) is 13.2 Å². The number of carbonyl (C=O) groups is 2. The van der Waals surface area contributed by atoms with E-state index in [4.69, 9.17) is 21.1 Å². The molecule has 1 aromatic rings. The predicted octanol–water partition coefficient (Wildman–Crippen LogP) is 4.80. The Morgan fingerprint density at radius 2 is 1.91 bits per heavy atom. The Labute approximate surface area is 196 Å². The highest BCUT2D eigenvalue weighted by atomic mass is 35.5. The van der Waals surface area contributed by atoms with E-state index in [1.807, 2.05) is 46.8 Å². The SMILES string of the molecule is CCCC(C)(C(=O)O)C1(NC[C@@H](Cc2ccc(OC)c(Cl)c2)NC(=O)OC(C)(C)C)CC1. The van der Waals surface area contributed by atoms with Gasteiger partial charge >= 0.3 is 12.1 Å². The molecule has 1 aromatic carbocycles. The van der Waals surface area contributed by atoms with Crippen LogP contribution in [0.25, 0.3) is 0 Å². The molecular weight excluding hydrogens is 432 g/mol. The molecule has 1 aliphatic carbocycles. The molecule has 0 bridgehead atoms. The van der Waals surface area contributed by atoms with Gasteiger partial charge in [0.1, 0.15) is 11.4 Å². The topological polar surface area (TPSA) is 96.9 Å². The van der Waals surface area contributed by atoms with Crippen molar-refractivity contribution in [1.29, 1.82) is 0 Å². The van der Waals surface area contributed by atoms with Gasteiger partial charge in [-0.25, -0.2) is 4.79 Å². The van der Waals surface area contributed by atoms with Crippen LogP contribution >= 0.6 is 11.6 Å². The standard InChI is InChI=1S/C24H37ClN2O5/c1-7-10-23(5,20(28)29)24(11-12-24)26-15-17(27-21(30)32-22(2,3)4)13-16-8-9-19(31-6)18(25)14-16/h8-9,14,17,26H,7,10-13,15H2,1-6H3,(H,27,30)(H,28,29)/t17-,23?/m1/s1. The second-order valence-electron chi connectivity index (χ2n) is 9.87. The number of alkyl carbamates (subject to hydrolysis) is 1. The second kappa shape index (κ2) is 10.3. The van der Waals surface area contributed by atoms with Crippen LogP contribution in [-0.4, -0.2) is 48.0 Å². The van der Waals surface area contributed by atoms with Crippen LogP contribution in [0.5, 0.6) is 5.75 Å². The number of amides is 1. The van der Waals surface area contributed by atoms with Gasteiger partial charge in [-0.05, 0) is 71.1 Å². The summed E-state index contributed by atoms with van der Waals surface area (Å²) in [5, 5.41) is 16.9. The van der Waals surface area contributed by atoms with Gasteiger partial charge < -0.3 is 25.2 Å². The number of benzene rings is 1. The quantitative estimate of drug-likeness (QED) is 0.431. The normalized spacial score (nSPS) is 17.7. The molecule has 0 aliphatic heterocycles. The van der Waals surface area contributed by atoms with Crippen molar-refractivity contribution >= 4 is 23.7 Å². The molecule has 2 atom stereocenters. The molecule has 0 aromatic heterocycles. The maximum Gasteiger partial charge on any atom is 0.407 e. The molecule has 7 nitrogen and oxygen atoms in total. The number of rotatable bonds is 11. The summed E-state index contributed by atoms with van der Waals surface area (Å²) in [5.74, 6) is -0.207. The van der Waals surface area contributed by atoms with Crippen molar-refractivity contribution in [3.8, 4) is 5.75 Å². The van der Waals surface area contributed by atoms with Crippen LogP contribution in [0.4, 0.5) is 4.79 Å². The lowest BCUT2D eigenvalue weighted by Gasteiger charge is -2.36. The zero-order valence-corrected chi connectivity index (χ0v) is 20.8. The lowest BCUT2D eigenvalue weighted by atomic mass is 9.76. The summed E-state index contributed by atoms with van der Waals surface area (Å²) in [6, 6.07) is 5.20. The highest BCUT2D eigenvalue weighted by molar-refractivity contribution is 6.32. The molecule has 2 rings (SSSR count). The average molecular weight is 469 g/mol. The lowest BCUT2D eigenvalue weighted by molar-refractivity contribution is -0.151. The maximum atomic E-state index is 12.5. The smallest absolute Gasteiger partial charge is 0.407 e. The molecule has 180 valence electrons. The first-order chi connectivity index (χ1) is 14.9. The zero-order chi connectivity index (χ0) is 24.2. The van der Waals surface area contributed by atoms with E-state index in [9.17, 15) is 14.7 Å².